The smallest absolute Gasteiger partial charge is 0.123 e. The normalized spacial score (nSPS) is 10.7. The van der Waals surface area contributed by atoms with Crippen LogP contribution in [-0.2, 0) is 6.54 Å². The van der Waals surface area contributed by atoms with Crippen molar-refractivity contribution in [2.45, 2.75) is 19.9 Å². The fourth-order valence-electron chi connectivity index (χ4n) is 1.73. The van der Waals surface area contributed by atoms with Crippen LogP contribution in [0.25, 0.3) is 5.69 Å². The van der Waals surface area contributed by atoms with E-state index in [1.807, 2.05) is 12.3 Å². The molecule has 0 atom stereocenters. The Labute approximate surface area is 100 Å². The number of benzene rings is 1. The molecule has 0 aliphatic carbocycles. The van der Waals surface area contributed by atoms with Crippen LogP contribution in [0.3, 0.4) is 0 Å². The molecule has 0 aliphatic rings. The summed E-state index contributed by atoms with van der Waals surface area (Å²) >= 11 is 0. The highest BCUT2D eigenvalue weighted by Gasteiger charge is 2.05. The van der Waals surface area contributed by atoms with Crippen molar-refractivity contribution < 1.29 is 4.39 Å². The fraction of sp³-hybridized carbons (Fsp3) is 0.308. The molecule has 0 fully saturated rings. The third kappa shape index (κ3) is 2.91. The minimum absolute atomic E-state index is 0.214. The zero-order valence-electron chi connectivity index (χ0n) is 9.86. The van der Waals surface area contributed by atoms with Crippen LogP contribution < -0.4 is 5.32 Å². The van der Waals surface area contributed by atoms with Crippen molar-refractivity contribution in [3.8, 4) is 5.69 Å². The predicted molar refractivity (Wildman–Crippen MR) is 65.5 cm³/mol. The van der Waals surface area contributed by atoms with Gasteiger partial charge in [0.25, 0.3) is 0 Å². The van der Waals surface area contributed by atoms with Crippen molar-refractivity contribution >= 4 is 0 Å². The maximum atomic E-state index is 13.2. The standard InChI is InChI=1S/C13H16FN3/c1-2-6-15-10-11-9-12(14)4-5-13(11)17-8-3-7-16-17/h3-5,7-9,15H,2,6,10H2,1H3. The molecule has 0 saturated heterocycles. The van der Waals surface area contributed by atoms with E-state index in [1.54, 1.807) is 23.0 Å². The molecule has 1 N–H and O–H groups in total. The Bertz CT molecular complexity index is 466. The molecule has 3 nitrogen and oxygen atoms in total. The Morgan fingerprint density at radius 3 is 3.00 bits per heavy atom. The molecule has 1 aromatic heterocycles. The Kier molecular flexibility index (Phi) is 3.88. The molecular weight excluding hydrogens is 217 g/mol. The summed E-state index contributed by atoms with van der Waals surface area (Å²) in [5.74, 6) is -0.214. The molecule has 2 rings (SSSR count). The Hall–Kier alpha value is -1.68. The van der Waals surface area contributed by atoms with Crippen LogP contribution in [-0.4, -0.2) is 16.3 Å². The van der Waals surface area contributed by atoms with Gasteiger partial charge in [-0.1, -0.05) is 6.92 Å². The molecule has 2 aromatic rings. The quantitative estimate of drug-likeness (QED) is 0.804. The van der Waals surface area contributed by atoms with Gasteiger partial charge in [0.1, 0.15) is 5.82 Å². The van der Waals surface area contributed by atoms with Gasteiger partial charge in [0, 0.05) is 18.9 Å². The molecule has 17 heavy (non-hydrogen) atoms. The Morgan fingerprint density at radius 2 is 2.29 bits per heavy atom. The van der Waals surface area contributed by atoms with E-state index in [9.17, 15) is 4.39 Å². The first-order chi connectivity index (χ1) is 8.31. The van der Waals surface area contributed by atoms with E-state index in [2.05, 4.69) is 17.3 Å². The second kappa shape index (κ2) is 5.59. The zero-order valence-corrected chi connectivity index (χ0v) is 9.86. The monoisotopic (exact) mass is 233 g/mol. The molecular formula is C13H16FN3. The first-order valence-corrected chi connectivity index (χ1v) is 5.80. The summed E-state index contributed by atoms with van der Waals surface area (Å²) in [5, 5.41) is 7.44. The number of nitrogens with one attached hydrogen (secondary N) is 1. The van der Waals surface area contributed by atoms with E-state index in [4.69, 9.17) is 0 Å². The van der Waals surface area contributed by atoms with E-state index < -0.39 is 0 Å². The number of halogens is 1. The van der Waals surface area contributed by atoms with Gasteiger partial charge in [0.05, 0.1) is 5.69 Å². The van der Waals surface area contributed by atoms with Crippen LogP contribution in [0.1, 0.15) is 18.9 Å². The zero-order chi connectivity index (χ0) is 12.1. The van der Waals surface area contributed by atoms with Crippen molar-refractivity contribution in [1.82, 2.24) is 15.1 Å². The van der Waals surface area contributed by atoms with E-state index in [-0.39, 0.29) is 5.82 Å². The lowest BCUT2D eigenvalue weighted by atomic mass is 10.1. The van der Waals surface area contributed by atoms with Gasteiger partial charge < -0.3 is 5.32 Å². The molecule has 0 amide bonds. The van der Waals surface area contributed by atoms with Crippen LogP contribution in [0.5, 0.6) is 0 Å². The number of hydrogen-bond donors (Lipinski definition) is 1. The SMILES string of the molecule is CCCNCc1cc(F)ccc1-n1cccn1. The van der Waals surface area contributed by atoms with Gasteiger partial charge in [-0.05, 0) is 42.8 Å². The summed E-state index contributed by atoms with van der Waals surface area (Å²) in [6.45, 7) is 3.68. The van der Waals surface area contributed by atoms with Gasteiger partial charge in [0.15, 0.2) is 0 Å². The molecule has 1 aromatic carbocycles. The minimum atomic E-state index is -0.214. The maximum absolute atomic E-state index is 13.2. The molecule has 0 saturated carbocycles. The lowest BCUT2D eigenvalue weighted by Crippen LogP contribution is -2.16. The molecule has 0 spiro atoms. The van der Waals surface area contributed by atoms with Crippen molar-refractivity contribution in [2.75, 3.05) is 6.54 Å². The van der Waals surface area contributed by atoms with Crippen LogP contribution in [0.4, 0.5) is 4.39 Å². The Balaban J connectivity index is 2.25. The van der Waals surface area contributed by atoms with Crippen LogP contribution >= 0.6 is 0 Å². The maximum Gasteiger partial charge on any atom is 0.123 e. The molecule has 1 heterocycles. The summed E-state index contributed by atoms with van der Waals surface area (Å²) in [6, 6.07) is 6.62. The van der Waals surface area contributed by atoms with Crippen LogP contribution in [0.2, 0.25) is 0 Å². The third-order valence-electron chi connectivity index (χ3n) is 2.53. The lowest BCUT2D eigenvalue weighted by molar-refractivity contribution is 0.616. The first-order valence-electron chi connectivity index (χ1n) is 5.80. The number of nitrogens with zero attached hydrogens (tertiary/aromatic N) is 2. The van der Waals surface area contributed by atoms with E-state index in [0.717, 1.165) is 24.2 Å². The predicted octanol–water partition coefficient (Wildman–Crippen LogP) is 2.51. The topological polar surface area (TPSA) is 29.9 Å². The Morgan fingerprint density at radius 1 is 1.41 bits per heavy atom. The molecule has 0 aliphatic heterocycles. The van der Waals surface area contributed by atoms with E-state index >= 15 is 0 Å². The average molecular weight is 233 g/mol. The second-order valence-electron chi connectivity index (χ2n) is 3.90. The van der Waals surface area contributed by atoms with Gasteiger partial charge in [-0.15, -0.1) is 0 Å². The van der Waals surface area contributed by atoms with Crippen molar-refractivity contribution in [1.29, 1.82) is 0 Å². The highest BCUT2D eigenvalue weighted by molar-refractivity contribution is 5.40. The molecule has 0 radical (unpaired) electrons. The lowest BCUT2D eigenvalue weighted by Gasteiger charge is -2.10. The van der Waals surface area contributed by atoms with Crippen molar-refractivity contribution in [3.63, 3.8) is 0 Å². The second-order valence-corrected chi connectivity index (χ2v) is 3.90. The third-order valence-corrected chi connectivity index (χ3v) is 2.53. The summed E-state index contributed by atoms with van der Waals surface area (Å²) in [5.41, 5.74) is 1.84. The minimum Gasteiger partial charge on any atom is -0.313 e. The number of aromatic nitrogens is 2. The largest absolute Gasteiger partial charge is 0.313 e. The van der Waals surface area contributed by atoms with Gasteiger partial charge in [0.2, 0.25) is 0 Å². The van der Waals surface area contributed by atoms with Gasteiger partial charge in [-0.3, -0.25) is 0 Å². The van der Waals surface area contributed by atoms with Gasteiger partial charge >= 0.3 is 0 Å². The van der Waals surface area contributed by atoms with E-state index in [0.29, 0.717) is 6.54 Å². The number of hydrogen-bond acceptors (Lipinski definition) is 2. The van der Waals surface area contributed by atoms with Gasteiger partial charge in [-0.2, -0.15) is 5.10 Å². The average Bonchev–Trinajstić information content (AvgIpc) is 2.83. The molecule has 0 unspecified atom stereocenters. The summed E-state index contributed by atoms with van der Waals surface area (Å²) in [7, 11) is 0. The van der Waals surface area contributed by atoms with Crippen molar-refractivity contribution in [2.24, 2.45) is 0 Å². The summed E-state index contributed by atoms with van der Waals surface area (Å²) in [4.78, 5) is 0. The first kappa shape index (κ1) is 11.8. The van der Waals surface area contributed by atoms with E-state index in [1.165, 1.54) is 6.07 Å². The van der Waals surface area contributed by atoms with Gasteiger partial charge in [-0.25, -0.2) is 9.07 Å². The number of rotatable bonds is 5. The summed E-state index contributed by atoms with van der Waals surface area (Å²) in [6.07, 6.45) is 4.63. The fourth-order valence-corrected chi connectivity index (χ4v) is 1.73. The molecule has 90 valence electrons. The van der Waals surface area contributed by atoms with Crippen LogP contribution in [0, 0.1) is 5.82 Å². The van der Waals surface area contributed by atoms with Crippen molar-refractivity contribution in [3.05, 3.63) is 48.0 Å². The highest BCUT2D eigenvalue weighted by atomic mass is 19.1. The molecule has 0 bridgehead atoms. The molecule has 4 heteroatoms. The van der Waals surface area contributed by atoms with Crippen LogP contribution in [0.15, 0.2) is 36.7 Å². The summed E-state index contributed by atoms with van der Waals surface area (Å²) < 4.78 is 15.0. The highest BCUT2D eigenvalue weighted by Crippen LogP contribution is 2.15.